The molecule has 492 valence electrons. The highest BCUT2D eigenvalue weighted by Crippen LogP contribution is 2.71. The van der Waals surface area contributed by atoms with Crippen molar-refractivity contribution in [2.24, 2.45) is 52.3 Å². The van der Waals surface area contributed by atoms with Gasteiger partial charge >= 0.3 is 0 Å². The van der Waals surface area contributed by atoms with Gasteiger partial charge in [-0.3, -0.25) is 0 Å². The Hall–Kier alpha value is -1.16. The van der Waals surface area contributed by atoms with Crippen molar-refractivity contribution in [1.29, 1.82) is 0 Å². The maximum atomic E-state index is 12.1. The van der Waals surface area contributed by atoms with Crippen LogP contribution in [0.25, 0.3) is 0 Å². The van der Waals surface area contributed by atoms with Gasteiger partial charge in [-0.15, -0.1) is 0 Å². The second-order valence-electron chi connectivity index (χ2n) is 26.8. The topological polar surface area (TPSA) is 466 Å². The molecule has 0 amide bonds. The molecule has 0 aromatic heterocycles. The third-order valence-corrected chi connectivity index (χ3v) is 21.8. The highest BCUT2D eigenvalue weighted by atomic mass is 16.8. The van der Waals surface area contributed by atoms with Crippen molar-refractivity contribution < 1.29 is 144 Å². The van der Waals surface area contributed by atoms with Gasteiger partial charge in [-0.05, 0) is 97.7 Å². The van der Waals surface area contributed by atoms with Crippen LogP contribution in [0.3, 0.4) is 0 Å². The Bertz CT molecular complexity index is 2170. The molecule has 0 bridgehead atoms. The molecular formula is C56H94O29. The number of hydrogen-bond acceptors (Lipinski definition) is 29. The van der Waals surface area contributed by atoms with Crippen molar-refractivity contribution in [3.05, 3.63) is 0 Å². The molecule has 29 heteroatoms. The lowest BCUT2D eigenvalue weighted by Crippen LogP contribution is -2.68. The fraction of sp³-hybridized carbons (Fsp3) is 1.00. The largest absolute Gasteiger partial charge is 0.394 e. The summed E-state index contributed by atoms with van der Waals surface area (Å²) in [6.45, 7) is 4.91. The minimum Gasteiger partial charge on any atom is -0.394 e. The van der Waals surface area contributed by atoms with Gasteiger partial charge in [0, 0.05) is 12.3 Å². The summed E-state index contributed by atoms with van der Waals surface area (Å²) in [5, 5.41) is 194. The van der Waals surface area contributed by atoms with Crippen molar-refractivity contribution in [2.45, 2.75) is 257 Å². The molecule has 0 spiro atoms. The molecule has 10 aliphatic rings. The summed E-state index contributed by atoms with van der Waals surface area (Å²) in [4.78, 5) is 0. The van der Waals surface area contributed by atoms with E-state index in [2.05, 4.69) is 20.8 Å². The molecule has 0 aromatic rings. The summed E-state index contributed by atoms with van der Waals surface area (Å²) in [5.41, 5.74) is -0.434. The van der Waals surface area contributed by atoms with Crippen molar-refractivity contribution in [1.82, 2.24) is 0 Å². The number of aliphatic hydroxyl groups is 18. The number of hydrogen-bond donors (Lipinski definition) is 18. The van der Waals surface area contributed by atoms with Crippen LogP contribution in [-0.2, 0) is 52.1 Å². The predicted molar refractivity (Wildman–Crippen MR) is 280 cm³/mol. The van der Waals surface area contributed by atoms with Crippen molar-refractivity contribution in [3.8, 4) is 0 Å². The van der Waals surface area contributed by atoms with Gasteiger partial charge in [-0.25, -0.2) is 0 Å². The van der Waals surface area contributed by atoms with Crippen LogP contribution in [0, 0.1) is 52.3 Å². The first kappa shape index (κ1) is 66.8. The van der Waals surface area contributed by atoms with Gasteiger partial charge < -0.3 is 144 Å². The van der Waals surface area contributed by atoms with E-state index in [4.69, 9.17) is 52.1 Å². The minimum atomic E-state index is -2.05. The highest BCUT2D eigenvalue weighted by molar-refractivity contribution is 5.16. The van der Waals surface area contributed by atoms with E-state index in [0.717, 1.165) is 32.1 Å². The molecule has 85 heavy (non-hydrogen) atoms. The first-order valence-corrected chi connectivity index (χ1v) is 30.4. The molecule has 6 saturated heterocycles. The van der Waals surface area contributed by atoms with Crippen LogP contribution >= 0.6 is 0 Å². The summed E-state index contributed by atoms with van der Waals surface area (Å²) < 4.78 is 65.5. The zero-order chi connectivity index (χ0) is 61.5. The lowest BCUT2D eigenvalue weighted by molar-refractivity contribution is -0.404. The van der Waals surface area contributed by atoms with Gasteiger partial charge in [0.05, 0.1) is 58.0 Å². The fourth-order valence-corrected chi connectivity index (χ4v) is 16.9. The normalized spacial score (nSPS) is 55.8. The van der Waals surface area contributed by atoms with Crippen LogP contribution in [0.2, 0.25) is 0 Å². The van der Waals surface area contributed by atoms with Crippen LogP contribution in [-0.4, -0.2) is 303 Å². The number of rotatable bonds is 18. The average Bonchev–Trinajstić information content (AvgIpc) is 1.72. The maximum absolute atomic E-state index is 12.1. The Morgan fingerprint density at radius 1 is 0.518 bits per heavy atom. The van der Waals surface area contributed by atoms with Crippen molar-refractivity contribution in [3.63, 3.8) is 0 Å². The fourth-order valence-electron chi connectivity index (χ4n) is 16.9. The van der Waals surface area contributed by atoms with E-state index in [1.165, 1.54) is 0 Å². The lowest BCUT2D eigenvalue weighted by atomic mass is 9.44. The SMILES string of the molecule is CC1C2C(CC3C4CC[C@H]5C[C@@H](O[C@@H]6O[C@H](CO)[C@H](O[C@@H]7O[C@H](CO)[C@@H](O)[C@H](O[C@H]8OC[C@@H](O)[C@H](O)[C@H]8O)[C@H]7O[C@H]7O[C@H](CO)[C@@H](O)[C@H](O)[C@H]7O)[C@H](O)[C@H]6O)[C@H](O)C[C@]5(C)C4CC[C@@]32C)O[C@]1(O)CC[C@@H](C)CO[C@@H]1O[C@H](CO)[C@@H](O)[C@H](O)[C@H]1O. The van der Waals surface area contributed by atoms with Crippen LogP contribution in [0.5, 0.6) is 0 Å². The quantitative estimate of drug-likeness (QED) is 0.0568. The molecule has 0 aromatic carbocycles. The smallest absolute Gasteiger partial charge is 0.187 e. The Morgan fingerprint density at radius 2 is 1.07 bits per heavy atom. The van der Waals surface area contributed by atoms with Gasteiger partial charge in [0.15, 0.2) is 37.2 Å². The molecule has 10 fully saturated rings. The van der Waals surface area contributed by atoms with Gasteiger partial charge in [0.2, 0.25) is 0 Å². The van der Waals surface area contributed by atoms with Crippen LogP contribution in [0.15, 0.2) is 0 Å². The van der Waals surface area contributed by atoms with E-state index in [0.29, 0.717) is 37.5 Å². The number of fused-ring (bicyclic) bond motifs is 7. The predicted octanol–water partition coefficient (Wildman–Crippen LogP) is -6.52. The molecule has 10 rings (SSSR count). The molecule has 6 aliphatic heterocycles. The molecule has 18 N–H and O–H groups in total. The lowest BCUT2D eigenvalue weighted by Gasteiger charge is -2.62. The Morgan fingerprint density at radius 3 is 1.73 bits per heavy atom. The van der Waals surface area contributed by atoms with E-state index in [1.54, 1.807) is 0 Å². The Labute approximate surface area is 491 Å². The standard InChI is InChI=1S/C56H94O29/c1-20(18-75-49-43(71)39(67)36(64)30(14-57)78-49)7-10-56(74)21(2)34-29(85-56)12-25-23-6-5-22-11-28(26(61)13-55(22,4)24(23)8-9-54(25,34)3)77-51-45(73)41(69)46(33(17-60)81-51)82-53-48(84-52-44(72)40(68)37(65)31(15-58)79-52)47(38(66)32(16-59)80-53)83-50-42(70)35(63)27(62)19-76-50/h20-53,57-74H,5-19H2,1-4H3/t20-,21?,22+,23?,24?,25?,26-,27-,28-,29?,30-,31-,32-,33-,34?,35+,36-,37-,38-,39+,40+,41-,42-,43-,44-,45-,46+,47+,48-,49-,50-,51-,52-,53+,54+,55+,56-/m1/s1. The molecule has 4 saturated carbocycles. The second kappa shape index (κ2) is 26.4. The molecule has 4 aliphatic carbocycles. The molecule has 29 nitrogen and oxygen atoms in total. The first-order valence-electron chi connectivity index (χ1n) is 30.4. The minimum absolute atomic E-state index is 0.0808. The highest BCUT2D eigenvalue weighted by Gasteiger charge is 2.69. The number of ether oxygens (including phenoxy) is 11. The van der Waals surface area contributed by atoms with Gasteiger partial charge in [0.1, 0.15) is 116 Å². The van der Waals surface area contributed by atoms with Gasteiger partial charge in [-0.1, -0.05) is 27.7 Å². The summed E-state index contributed by atoms with van der Waals surface area (Å²) in [7, 11) is 0. The Kier molecular flexibility index (Phi) is 20.8. The van der Waals surface area contributed by atoms with E-state index >= 15 is 0 Å². The molecule has 6 unspecified atom stereocenters. The van der Waals surface area contributed by atoms with Crippen LogP contribution in [0.1, 0.15) is 85.5 Å². The second-order valence-corrected chi connectivity index (χ2v) is 26.8. The van der Waals surface area contributed by atoms with Crippen molar-refractivity contribution in [2.75, 3.05) is 39.6 Å². The van der Waals surface area contributed by atoms with E-state index in [1.807, 2.05) is 6.92 Å². The number of aliphatic hydroxyl groups excluding tert-OH is 17. The molecule has 37 atom stereocenters. The summed E-state index contributed by atoms with van der Waals surface area (Å²) >= 11 is 0. The average molecular weight is 1230 g/mol. The molecule has 6 heterocycles. The zero-order valence-electron chi connectivity index (χ0n) is 48.3. The monoisotopic (exact) mass is 1230 g/mol. The molecular weight excluding hydrogens is 1140 g/mol. The van der Waals surface area contributed by atoms with Gasteiger partial charge in [0.25, 0.3) is 0 Å². The summed E-state index contributed by atoms with van der Waals surface area (Å²) in [5.74, 6) is -0.636. The third-order valence-electron chi connectivity index (χ3n) is 21.8. The van der Waals surface area contributed by atoms with Crippen LogP contribution < -0.4 is 0 Å². The maximum Gasteiger partial charge on any atom is 0.187 e. The summed E-state index contributed by atoms with van der Waals surface area (Å²) in [6.07, 6.45) is -37.5. The van der Waals surface area contributed by atoms with E-state index in [-0.39, 0.29) is 53.1 Å². The first-order chi connectivity index (χ1) is 40.2. The van der Waals surface area contributed by atoms with Crippen molar-refractivity contribution >= 4 is 0 Å². The third kappa shape index (κ3) is 12.3. The van der Waals surface area contributed by atoms with Gasteiger partial charge in [-0.2, -0.15) is 0 Å². The molecule has 0 radical (unpaired) electrons. The zero-order valence-corrected chi connectivity index (χ0v) is 48.3. The Balaban J connectivity index is 0.771. The van der Waals surface area contributed by atoms with E-state index < -0.39 is 198 Å². The van der Waals surface area contributed by atoms with Crippen LogP contribution in [0.4, 0.5) is 0 Å². The van der Waals surface area contributed by atoms with E-state index in [9.17, 15) is 91.9 Å². The summed E-state index contributed by atoms with van der Waals surface area (Å²) in [6, 6.07) is 0.